The lowest BCUT2D eigenvalue weighted by atomic mass is 9.95. The van der Waals surface area contributed by atoms with Crippen LogP contribution in [0.1, 0.15) is 72.1 Å². The van der Waals surface area contributed by atoms with Crippen molar-refractivity contribution in [3.05, 3.63) is 0 Å². The lowest BCUT2D eigenvalue weighted by Crippen LogP contribution is -2.45. The van der Waals surface area contributed by atoms with Crippen LogP contribution in [0.2, 0.25) is 0 Å². The summed E-state index contributed by atoms with van der Waals surface area (Å²) in [6.45, 7) is 5.58. The van der Waals surface area contributed by atoms with Crippen molar-refractivity contribution < 1.29 is 53.5 Å². The Morgan fingerprint density at radius 3 is 1.69 bits per heavy atom. The van der Waals surface area contributed by atoms with Crippen LogP contribution in [0.5, 0.6) is 0 Å². The third kappa shape index (κ3) is 10.6. The summed E-state index contributed by atoms with van der Waals surface area (Å²) < 4.78 is 15.4. The first kappa shape index (κ1) is 29.3. The van der Waals surface area contributed by atoms with Crippen molar-refractivity contribution in [3.8, 4) is 0 Å². The Hall–Kier alpha value is -2.69. The third-order valence-electron chi connectivity index (χ3n) is 4.50. The third-order valence-corrected chi connectivity index (χ3v) is 4.50. The number of ether oxygens (including phenoxy) is 3. The lowest BCUT2D eigenvalue weighted by molar-refractivity contribution is -0.180. The molecule has 0 aromatic rings. The molecule has 184 valence electrons. The molecule has 2 atom stereocenters. The number of carbonyl (C=O) groups is 5. The molecule has 32 heavy (non-hydrogen) atoms. The van der Waals surface area contributed by atoms with E-state index in [9.17, 15) is 29.1 Å². The zero-order valence-corrected chi connectivity index (χ0v) is 18.8. The quantitative estimate of drug-likeness (QED) is 0.124. The van der Waals surface area contributed by atoms with Gasteiger partial charge in [-0.3, -0.25) is 19.2 Å². The first-order chi connectivity index (χ1) is 15.0. The van der Waals surface area contributed by atoms with Crippen molar-refractivity contribution in [2.24, 2.45) is 5.92 Å². The van der Waals surface area contributed by atoms with Crippen LogP contribution < -0.4 is 0 Å². The molecule has 11 nitrogen and oxygen atoms in total. The van der Waals surface area contributed by atoms with Crippen LogP contribution in [0.15, 0.2) is 0 Å². The molecule has 0 aliphatic heterocycles. The smallest absolute Gasteiger partial charge is 0.336 e. The van der Waals surface area contributed by atoms with Crippen molar-refractivity contribution in [2.45, 2.75) is 83.8 Å². The average molecular weight is 462 g/mol. The van der Waals surface area contributed by atoms with Gasteiger partial charge in [0.1, 0.15) is 6.10 Å². The zero-order chi connectivity index (χ0) is 24.7. The van der Waals surface area contributed by atoms with Gasteiger partial charge >= 0.3 is 29.8 Å². The fourth-order valence-corrected chi connectivity index (χ4v) is 2.70. The highest BCUT2D eigenvalue weighted by Gasteiger charge is 2.44. The molecule has 0 aromatic heterocycles. The number of unbranched alkanes of at least 4 members (excludes halogenated alkanes) is 2. The number of carboxylic acids is 2. The van der Waals surface area contributed by atoms with Gasteiger partial charge in [0.25, 0.3) is 0 Å². The second-order valence-corrected chi connectivity index (χ2v) is 7.42. The van der Waals surface area contributed by atoms with E-state index in [2.05, 4.69) is 0 Å². The Morgan fingerprint density at radius 2 is 1.31 bits per heavy atom. The first-order valence-corrected chi connectivity index (χ1v) is 10.7. The fourth-order valence-electron chi connectivity index (χ4n) is 2.70. The van der Waals surface area contributed by atoms with E-state index >= 15 is 0 Å². The normalized spacial score (nSPS) is 13.7. The molecule has 0 amide bonds. The van der Waals surface area contributed by atoms with Crippen molar-refractivity contribution in [3.63, 3.8) is 0 Å². The Kier molecular flexibility index (Phi) is 13.9. The zero-order valence-electron chi connectivity index (χ0n) is 18.8. The number of carbonyl (C=O) groups excluding carboxylic acids is 3. The summed E-state index contributed by atoms with van der Waals surface area (Å²) >= 11 is 0. The number of esters is 3. The highest BCUT2D eigenvalue weighted by molar-refractivity contribution is 5.96. The van der Waals surface area contributed by atoms with Crippen molar-refractivity contribution in [1.29, 1.82) is 0 Å². The Bertz CT molecular complexity index is 624. The van der Waals surface area contributed by atoms with Gasteiger partial charge in [0, 0.05) is 0 Å². The van der Waals surface area contributed by atoms with Crippen LogP contribution in [0.4, 0.5) is 0 Å². The van der Waals surface area contributed by atoms with E-state index in [1.54, 1.807) is 6.92 Å². The van der Waals surface area contributed by atoms with E-state index in [0.29, 0.717) is 19.3 Å². The van der Waals surface area contributed by atoms with E-state index < -0.39 is 60.3 Å². The molecule has 0 aliphatic carbocycles. The minimum absolute atomic E-state index is 0.0482. The van der Waals surface area contributed by atoms with E-state index in [4.69, 9.17) is 24.4 Å². The predicted octanol–water partition coefficient (Wildman–Crippen LogP) is 1.68. The molecule has 0 saturated carbocycles. The molecule has 0 spiro atoms. The highest BCUT2D eigenvalue weighted by atomic mass is 16.6. The van der Waals surface area contributed by atoms with Gasteiger partial charge in [-0.05, 0) is 19.3 Å². The maximum absolute atomic E-state index is 12.6. The molecule has 0 rings (SSSR count). The molecule has 0 aliphatic rings. The van der Waals surface area contributed by atoms with Crippen LogP contribution in [-0.2, 0) is 38.2 Å². The summed E-state index contributed by atoms with van der Waals surface area (Å²) in [5, 5.41) is 28.0. The van der Waals surface area contributed by atoms with Gasteiger partial charge in [-0.25, -0.2) is 4.79 Å². The van der Waals surface area contributed by atoms with Crippen molar-refractivity contribution >= 4 is 29.8 Å². The molecule has 3 N–H and O–H groups in total. The predicted molar refractivity (Wildman–Crippen MR) is 109 cm³/mol. The molecule has 0 aromatic carbocycles. The minimum atomic E-state index is -2.90. The lowest BCUT2D eigenvalue weighted by Gasteiger charge is -2.26. The topological polar surface area (TPSA) is 174 Å². The molecule has 0 fully saturated rings. The first-order valence-electron chi connectivity index (χ1n) is 10.7. The minimum Gasteiger partial charge on any atom is -0.481 e. The van der Waals surface area contributed by atoms with E-state index in [0.717, 1.165) is 12.8 Å². The monoisotopic (exact) mass is 462 g/mol. The van der Waals surface area contributed by atoms with E-state index in [-0.39, 0.29) is 19.6 Å². The molecule has 0 bridgehead atoms. The summed E-state index contributed by atoms with van der Waals surface area (Å²) in [6.07, 6.45) is -0.727. The maximum Gasteiger partial charge on any atom is 0.336 e. The van der Waals surface area contributed by atoms with Gasteiger partial charge in [-0.1, -0.05) is 40.0 Å². The molecular formula is C21H34O11. The number of aliphatic carboxylic acids is 2. The van der Waals surface area contributed by atoms with Gasteiger partial charge in [0.15, 0.2) is 11.5 Å². The van der Waals surface area contributed by atoms with Gasteiger partial charge < -0.3 is 29.5 Å². The molecule has 0 radical (unpaired) electrons. The summed E-state index contributed by atoms with van der Waals surface area (Å²) in [5.41, 5.74) is -2.90. The van der Waals surface area contributed by atoms with Crippen LogP contribution >= 0.6 is 0 Å². The van der Waals surface area contributed by atoms with E-state index in [1.165, 1.54) is 0 Å². The van der Waals surface area contributed by atoms with Crippen LogP contribution in [0.3, 0.4) is 0 Å². The number of carboxylic acid groups (broad SMARTS) is 2. The molecule has 2 unspecified atom stereocenters. The number of rotatable bonds is 17. The molecule has 0 saturated heterocycles. The van der Waals surface area contributed by atoms with Crippen LogP contribution in [0, 0.1) is 5.92 Å². The number of hydrogen-bond acceptors (Lipinski definition) is 9. The highest BCUT2D eigenvalue weighted by Crippen LogP contribution is 2.23. The van der Waals surface area contributed by atoms with Crippen molar-refractivity contribution in [2.75, 3.05) is 13.2 Å². The largest absolute Gasteiger partial charge is 0.481 e. The van der Waals surface area contributed by atoms with Crippen molar-refractivity contribution in [1.82, 2.24) is 0 Å². The van der Waals surface area contributed by atoms with Gasteiger partial charge in [-0.15, -0.1) is 0 Å². The summed E-state index contributed by atoms with van der Waals surface area (Å²) in [7, 11) is 0. The fraction of sp³-hybridized carbons (Fsp3) is 0.762. The van der Waals surface area contributed by atoms with Crippen LogP contribution in [-0.4, -0.2) is 70.1 Å². The Labute approximate surface area is 187 Å². The Balaban J connectivity index is 5.61. The molecule has 11 heteroatoms. The van der Waals surface area contributed by atoms with Gasteiger partial charge in [0.2, 0.25) is 0 Å². The summed E-state index contributed by atoms with van der Waals surface area (Å²) in [5.74, 6) is -8.30. The molecular weight excluding hydrogens is 428 g/mol. The van der Waals surface area contributed by atoms with Gasteiger partial charge in [0.05, 0.1) is 26.1 Å². The second-order valence-electron chi connectivity index (χ2n) is 7.42. The van der Waals surface area contributed by atoms with Gasteiger partial charge in [-0.2, -0.15) is 0 Å². The standard InChI is InChI=1S/C21H34O11/c1-4-7-10-30-18(25)17(19(26)31-11-8-5-2)14(9-6-3)32-16(24)13-21(29,20(27)28)12-15(22)23/h14,17,29H,4-13H2,1-3H3,(H,22,23)(H,27,28). The Morgan fingerprint density at radius 1 is 0.812 bits per heavy atom. The number of aliphatic hydroxyl groups is 1. The molecule has 0 heterocycles. The van der Waals surface area contributed by atoms with E-state index in [1.807, 2.05) is 13.8 Å². The number of hydrogen-bond donors (Lipinski definition) is 3. The van der Waals surface area contributed by atoms with Crippen LogP contribution in [0.25, 0.3) is 0 Å². The summed E-state index contributed by atoms with van der Waals surface area (Å²) in [4.78, 5) is 59.7. The summed E-state index contributed by atoms with van der Waals surface area (Å²) in [6, 6.07) is 0. The maximum atomic E-state index is 12.6. The second kappa shape index (κ2) is 15.2. The SMILES string of the molecule is CCCCOC(=O)C(C(=O)OCCCC)C(CCC)OC(=O)CC(O)(CC(=O)O)C(=O)O. The average Bonchev–Trinajstić information content (AvgIpc) is 2.67.